The molecule has 4 heterocycles. The predicted octanol–water partition coefficient (Wildman–Crippen LogP) is 0.254. The molecule has 0 saturated carbocycles. The van der Waals surface area contributed by atoms with Crippen molar-refractivity contribution in [1.29, 1.82) is 0 Å². The van der Waals surface area contributed by atoms with Crippen LogP contribution in [0.3, 0.4) is 0 Å². The number of aryl methyl sites for hydroxylation is 2. The molecule has 0 atom stereocenters. The van der Waals surface area contributed by atoms with Gasteiger partial charge < -0.3 is 20.2 Å². The molecule has 7 rings (SSSR count). The fourth-order valence-corrected chi connectivity index (χ4v) is 7.12. The van der Waals surface area contributed by atoms with Crippen LogP contribution in [0.4, 0.5) is 5.69 Å². The van der Waals surface area contributed by atoms with Crippen LogP contribution in [0.5, 0.6) is 11.5 Å². The molecule has 4 aliphatic heterocycles. The lowest BCUT2D eigenvalue weighted by Gasteiger charge is -2.37. The normalized spacial score (nSPS) is 22.2. The number of nitrogens with zero attached hydrogens (tertiary/aromatic N) is 2. The van der Waals surface area contributed by atoms with E-state index in [1.165, 1.54) is 0 Å². The summed E-state index contributed by atoms with van der Waals surface area (Å²) in [6.07, 6.45) is 6.66. The minimum absolute atomic E-state index is 0.0634. The number of rotatable bonds is 1. The molecular weight excluding hydrogens is 456 g/mol. The molecule has 36 heavy (non-hydrogen) atoms. The SMILES string of the molecule is O=C1C(=O)/C(=c2/cc3c4c(c2O)CCC[N+]=4CCC3)C([O-])=C1c1cc2c3c(c1O)CCCN3CCC2. The van der Waals surface area contributed by atoms with Gasteiger partial charge in [-0.1, -0.05) is 5.76 Å². The Hall–Kier alpha value is -3.61. The van der Waals surface area contributed by atoms with Crippen molar-refractivity contribution in [1.82, 2.24) is 4.58 Å². The third kappa shape index (κ3) is 2.83. The first-order valence-corrected chi connectivity index (χ1v) is 13.1. The highest BCUT2D eigenvalue weighted by molar-refractivity contribution is 6.70. The first kappa shape index (κ1) is 21.7. The Balaban J connectivity index is 1.50. The molecule has 2 N–H and O–H groups in total. The monoisotopic (exact) mass is 484 g/mol. The summed E-state index contributed by atoms with van der Waals surface area (Å²) in [6.45, 7) is 3.73. The fraction of sp³-hybridized carbons (Fsp3) is 0.414. The maximum absolute atomic E-state index is 13.8. The van der Waals surface area contributed by atoms with Crippen LogP contribution >= 0.6 is 0 Å². The molecule has 0 bridgehead atoms. The van der Waals surface area contributed by atoms with Crippen molar-refractivity contribution in [2.75, 3.05) is 31.1 Å². The van der Waals surface area contributed by atoms with E-state index < -0.39 is 17.3 Å². The topological polar surface area (TPSA) is 104 Å². The van der Waals surface area contributed by atoms with Gasteiger partial charge in [-0.15, -0.1) is 0 Å². The van der Waals surface area contributed by atoms with E-state index in [1.807, 2.05) is 0 Å². The maximum Gasteiger partial charge on any atom is 0.233 e. The average molecular weight is 485 g/mol. The first-order valence-electron chi connectivity index (χ1n) is 13.1. The zero-order valence-electron chi connectivity index (χ0n) is 20.2. The van der Waals surface area contributed by atoms with Crippen LogP contribution < -0.4 is 25.2 Å². The standard InChI is InChI=1S/C29H28N2O5/c32-25-17-7-3-11-30-9-1-5-15(23(17)30)13-19(25)21-27(34)22(29(36)28(21)35)20-14-16-6-2-10-31-12-4-8-18(24(16)31)26(20)33/h13-14H,1-12H2,(H2,32,33,34,35,36). The van der Waals surface area contributed by atoms with Crippen LogP contribution in [-0.2, 0) is 35.3 Å². The van der Waals surface area contributed by atoms with Gasteiger partial charge in [0, 0.05) is 64.7 Å². The Morgan fingerprint density at radius 1 is 0.778 bits per heavy atom. The number of aromatic hydroxyl groups is 2. The van der Waals surface area contributed by atoms with E-state index in [9.17, 15) is 24.9 Å². The molecule has 0 amide bonds. The third-order valence-corrected chi connectivity index (χ3v) is 8.64. The van der Waals surface area contributed by atoms with Crippen molar-refractivity contribution in [3.05, 3.63) is 56.3 Å². The summed E-state index contributed by atoms with van der Waals surface area (Å²) in [5, 5.41) is 37.4. The molecule has 0 spiro atoms. The zero-order chi connectivity index (χ0) is 24.7. The maximum atomic E-state index is 13.8. The summed E-state index contributed by atoms with van der Waals surface area (Å²) in [5.41, 5.74) is 4.22. The molecule has 184 valence electrons. The number of hydrogen-bond donors (Lipinski definition) is 2. The van der Waals surface area contributed by atoms with Crippen LogP contribution in [0.1, 0.15) is 53.5 Å². The second-order valence-corrected chi connectivity index (χ2v) is 10.6. The van der Waals surface area contributed by atoms with Gasteiger partial charge in [0.15, 0.2) is 0 Å². The summed E-state index contributed by atoms with van der Waals surface area (Å²) in [4.78, 5) is 28.8. The van der Waals surface area contributed by atoms with Gasteiger partial charge in [-0.2, -0.15) is 0 Å². The molecule has 0 unspecified atom stereocenters. The zero-order valence-corrected chi connectivity index (χ0v) is 20.2. The number of phenols is 2. The van der Waals surface area contributed by atoms with E-state index in [0.29, 0.717) is 12.8 Å². The second kappa shape index (κ2) is 7.69. The minimum atomic E-state index is -0.895. The van der Waals surface area contributed by atoms with E-state index in [0.717, 1.165) is 98.0 Å². The van der Waals surface area contributed by atoms with Gasteiger partial charge in [-0.25, -0.2) is 4.58 Å². The minimum Gasteiger partial charge on any atom is -0.871 e. The lowest BCUT2D eigenvalue weighted by molar-refractivity contribution is -0.290. The van der Waals surface area contributed by atoms with E-state index >= 15 is 0 Å². The Bertz CT molecular complexity index is 1560. The molecule has 0 aromatic heterocycles. The molecule has 2 aromatic carbocycles. The quantitative estimate of drug-likeness (QED) is 0.445. The van der Waals surface area contributed by atoms with Crippen molar-refractivity contribution in [3.8, 4) is 11.5 Å². The molecule has 0 saturated heterocycles. The number of allylic oxidation sites excluding steroid dienone is 2. The Labute approximate surface area is 208 Å². The Morgan fingerprint density at radius 3 is 2.25 bits per heavy atom. The highest BCUT2D eigenvalue weighted by Gasteiger charge is 2.38. The molecule has 2 aromatic rings. The van der Waals surface area contributed by atoms with Crippen molar-refractivity contribution in [2.24, 2.45) is 0 Å². The summed E-state index contributed by atoms with van der Waals surface area (Å²) in [7, 11) is 0. The fourth-order valence-electron chi connectivity index (χ4n) is 7.12. The van der Waals surface area contributed by atoms with Gasteiger partial charge in [0.2, 0.25) is 16.9 Å². The van der Waals surface area contributed by atoms with Crippen molar-refractivity contribution in [2.45, 2.75) is 51.4 Å². The number of carbonyl (C=O) groups excluding carboxylic acids is 2. The van der Waals surface area contributed by atoms with Crippen molar-refractivity contribution in [3.63, 3.8) is 0 Å². The summed E-state index contributed by atoms with van der Waals surface area (Å²) >= 11 is 0. The van der Waals surface area contributed by atoms with E-state index in [2.05, 4.69) is 9.48 Å². The average Bonchev–Trinajstić information content (AvgIpc) is 3.11. The van der Waals surface area contributed by atoms with Crippen LogP contribution in [0.2, 0.25) is 0 Å². The number of anilines is 1. The highest BCUT2D eigenvalue weighted by Crippen LogP contribution is 2.46. The van der Waals surface area contributed by atoms with Gasteiger partial charge in [0.25, 0.3) is 0 Å². The van der Waals surface area contributed by atoms with E-state index in [-0.39, 0.29) is 33.4 Å². The van der Waals surface area contributed by atoms with Crippen LogP contribution in [-0.4, -0.2) is 48.0 Å². The van der Waals surface area contributed by atoms with Gasteiger partial charge >= 0.3 is 0 Å². The summed E-state index contributed by atoms with van der Waals surface area (Å²) < 4.78 is 2.27. The molecule has 7 nitrogen and oxygen atoms in total. The van der Waals surface area contributed by atoms with Gasteiger partial charge in [0.05, 0.1) is 5.56 Å². The number of ketones is 2. The lowest BCUT2D eigenvalue weighted by atomic mass is 9.87. The molecule has 5 aliphatic rings. The van der Waals surface area contributed by atoms with Gasteiger partial charge in [-0.05, 0) is 56.2 Å². The number of hydrogen-bond acceptors (Lipinski definition) is 6. The van der Waals surface area contributed by atoms with E-state index in [1.54, 1.807) is 12.1 Å². The second-order valence-electron chi connectivity index (χ2n) is 10.6. The van der Waals surface area contributed by atoms with Crippen LogP contribution in [0.15, 0.2) is 17.9 Å². The third-order valence-electron chi connectivity index (χ3n) is 8.64. The van der Waals surface area contributed by atoms with Crippen molar-refractivity contribution >= 4 is 28.4 Å². The smallest absolute Gasteiger partial charge is 0.233 e. The summed E-state index contributed by atoms with van der Waals surface area (Å²) in [6, 6.07) is 3.47. The first-order chi connectivity index (χ1) is 17.5. The number of carbonyl (C=O) groups is 2. The molecule has 0 fully saturated rings. The Kier molecular flexibility index (Phi) is 4.63. The van der Waals surface area contributed by atoms with E-state index in [4.69, 9.17) is 0 Å². The molecular formula is C29H28N2O5. The van der Waals surface area contributed by atoms with Crippen molar-refractivity contribution < 1.29 is 24.9 Å². The lowest BCUT2D eigenvalue weighted by Crippen LogP contribution is -2.44. The van der Waals surface area contributed by atoms with Crippen LogP contribution in [0, 0.1) is 0 Å². The van der Waals surface area contributed by atoms with Gasteiger partial charge in [-0.3, -0.25) is 9.59 Å². The molecule has 0 radical (unpaired) electrons. The van der Waals surface area contributed by atoms with Gasteiger partial charge in [0.1, 0.15) is 24.6 Å². The summed E-state index contributed by atoms with van der Waals surface area (Å²) in [5.74, 6) is -2.61. The number of Topliss-reactive ketones (excluding diaryl/α,β-unsaturated/α-hetero) is 2. The molecule has 7 heteroatoms. The van der Waals surface area contributed by atoms with Crippen LogP contribution in [0.25, 0.3) is 11.1 Å². The Morgan fingerprint density at radius 2 is 1.44 bits per heavy atom. The number of phenolic OH excluding ortho intramolecular Hbond substituents is 2. The molecule has 1 aliphatic carbocycles. The highest BCUT2D eigenvalue weighted by atomic mass is 16.3. The predicted molar refractivity (Wildman–Crippen MR) is 132 cm³/mol. The number of benzene rings is 2. The largest absolute Gasteiger partial charge is 0.871 e.